The third kappa shape index (κ3) is 0.582. The van der Waals surface area contributed by atoms with Crippen molar-refractivity contribution in [2.24, 2.45) is 5.92 Å². The topological polar surface area (TPSA) is 40.5 Å². The van der Waals surface area contributed by atoms with Crippen molar-refractivity contribution in [3.8, 4) is 0 Å². The van der Waals surface area contributed by atoms with E-state index in [0.717, 1.165) is 0 Å². The van der Waals surface area contributed by atoms with E-state index in [0.29, 0.717) is 0 Å². The smallest absolute Gasteiger partial charge is 0.0770 e. The summed E-state index contributed by atoms with van der Waals surface area (Å²) in [5, 5.41) is 17.7. The van der Waals surface area contributed by atoms with Gasteiger partial charge >= 0.3 is 0 Å². The van der Waals surface area contributed by atoms with E-state index in [9.17, 15) is 0 Å². The molecule has 0 aromatic heterocycles. The lowest BCUT2D eigenvalue weighted by Gasteiger charge is -2.43. The Morgan fingerprint density at radius 3 is 1.75 bits per heavy atom. The molecule has 0 saturated heterocycles. The van der Waals surface area contributed by atoms with Crippen molar-refractivity contribution < 1.29 is 10.2 Å². The van der Waals surface area contributed by atoms with Gasteiger partial charge in [-0.05, 0) is 5.82 Å². The van der Waals surface area contributed by atoms with E-state index >= 15 is 0 Å². The first-order chi connectivity index (χ1) is 3.64. The lowest BCUT2D eigenvalue weighted by Crippen LogP contribution is -2.49. The van der Waals surface area contributed by atoms with Crippen molar-refractivity contribution in [3.63, 3.8) is 0 Å². The van der Waals surface area contributed by atoms with Crippen LogP contribution in [-0.4, -0.2) is 30.3 Å². The highest BCUT2D eigenvalue weighted by atomic mass is 16.3. The SMILES string of the molecule is [B]C1C(O)C(C)C1O. The number of hydrogen-bond donors (Lipinski definition) is 2. The van der Waals surface area contributed by atoms with E-state index in [1.54, 1.807) is 6.92 Å². The van der Waals surface area contributed by atoms with Crippen LogP contribution < -0.4 is 0 Å². The van der Waals surface area contributed by atoms with E-state index in [2.05, 4.69) is 0 Å². The fourth-order valence-corrected chi connectivity index (χ4v) is 0.960. The molecule has 1 rings (SSSR count). The standard InChI is InChI=1S/C5H9BO2/c1-2-4(7)3(6)5(2)8/h2-5,7-8H,1H3. The molecular formula is C5H9BO2. The molecule has 0 spiro atoms. The van der Waals surface area contributed by atoms with Gasteiger partial charge in [-0.25, -0.2) is 0 Å². The van der Waals surface area contributed by atoms with E-state index in [1.807, 2.05) is 0 Å². The van der Waals surface area contributed by atoms with Gasteiger partial charge in [-0.15, -0.1) is 0 Å². The Bertz CT molecular complexity index is 64.4. The molecule has 2 radical (unpaired) electrons. The first-order valence-corrected chi connectivity index (χ1v) is 2.76. The average molecular weight is 112 g/mol. The summed E-state index contributed by atoms with van der Waals surface area (Å²) in [5.74, 6) is -0.449. The Labute approximate surface area is 49.9 Å². The fraction of sp³-hybridized carbons (Fsp3) is 1.00. The van der Waals surface area contributed by atoms with E-state index in [4.69, 9.17) is 18.1 Å². The fourth-order valence-electron chi connectivity index (χ4n) is 0.960. The summed E-state index contributed by atoms with van der Waals surface area (Å²) in [4.78, 5) is 0. The van der Waals surface area contributed by atoms with Gasteiger partial charge in [-0.3, -0.25) is 0 Å². The van der Waals surface area contributed by atoms with Crippen LogP contribution in [0.25, 0.3) is 0 Å². The minimum Gasteiger partial charge on any atom is -0.393 e. The van der Waals surface area contributed by atoms with Crippen molar-refractivity contribution in [2.75, 3.05) is 0 Å². The molecule has 44 valence electrons. The second kappa shape index (κ2) is 1.74. The van der Waals surface area contributed by atoms with Crippen molar-refractivity contribution in [2.45, 2.75) is 24.9 Å². The van der Waals surface area contributed by atoms with Gasteiger partial charge in [0.1, 0.15) is 0 Å². The predicted octanol–water partition coefficient (Wildman–Crippen LogP) is -0.685. The monoisotopic (exact) mass is 112 g/mol. The molecule has 1 aliphatic carbocycles. The van der Waals surface area contributed by atoms with Crippen LogP contribution in [0, 0.1) is 5.92 Å². The number of hydrogen-bond acceptors (Lipinski definition) is 2. The molecule has 3 heteroatoms. The number of aliphatic hydroxyl groups is 2. The Balaban J connectivity index is 2.42. The van der Waals surface area contributed by atoms with Gasteiger partial charge in [0.05, 0.1) is 20.1 Å². The molecular weight excluding hydrogens is 103 g/mol. The highest BCUT2D eigenvalue weighted by molar-refractivity contribution is 6.13. The second-order valence-corrected chi connectivity index (χ2v) is 2.42. The Morgan fingerprint density at radius 2 is 1.62 bits per heavy atom. The van der Waals surface area contributed by atoms with Crippen molar-refractivity contribution in [3.05, 3.63) is 0 Å². The molecule has 1 aliphatic rings. The quantitative estimate of drug-likeness (QED) is 0.407. The van der Waals surface area contributed by atoms with Gasteiger partial charge in [-0.1, -0.05) is 6.92 Å². The third-order valence-electron chi connectivity index (χ3n) is 1.87. The molecule has 1 saturated carbocycles. The molecule has 2 atom stereocenters. The van der Waals surface area contributed by atoms with Crippen molar-refractivity contribution >= 4 is 7.85 Å². The van der Waals surface area contributed by atoms with Crippen LogP contribution >= 0.6 is 0 Å². The first kappa shape index (κ1) is 6.11. The molecule has 2 nitrogen and oxygen atoms in total. The zero-order chi connectivity index (χ0) is 6.31. The van der Waals surface area contributed by atoms with Crippen LogP contribution in [0.5, 0.6) is 0 Å². The summed E-state index contributed by atoms with van der Waals surface area (Å²) in [5.41, 5.74) is 0. The van der Waals surface area contributed by atoms with Gasteiger partial charge in [0.15, 0.2) is 0 Å². The van der Waals surface area contributed by atoms with Gasteiger partial charge < -0.3 is 10.2 Å². The molecule has 0 aromatic rings. The molecule has 0 aromatic carbocycles. The molecule has 0 heterocycles. The van der Waals surface area contributed by atoms with Gasteiger partial charge in [-0.2, -0.15) is 0 Å². The van der Waals surface area contributed by atoms with Crippen molar-refractivity contribution in [1.82, 2.24) is 0 Å². The summed E-state index contributed by atoms with van der Waals surface area (Å²) >= 11 is 0. The number of rotatable bonds is 0. The normalized spacial score (nSPS) is 55.4. The first-order valence-electron chi connectivity index (χ1n) is 2.76. The highest BCUT2D eigenvalue weighted by Gasteiger charge is 2.41. The molecule has 0 aliphatic heterocycles. The summed E-state index contributed by atoms with van der Waals surface area (Å²) in [6.45, 7) is 1.78. The summed E-state index contributed by atoms with van der Waals surface area (Å²) < 4.78 is 0. The summed E-state index contributed by atoms with van der Waals surface area (Å²) in [7, 11) is 5.26. The second-order valence-electron chi connectivity index (χ2n) is 2.42. The largest absolute Gasteiger partial charge is 0.393 e. The zero-order valence-electron chi connectivity index (χ0n) is 4.78. The number of aliphatic hydroxyl groups excluding tert-OH is 2. The Morgan fingerprint density at radius 1 is 1.25 bits per heavy atom. The minimum absolute atomic E-state index is 0.0370. The summed E-state index contributed by atoms with van der Waals surface area (Å²) in [6.07, 6.45) is -0.991. The Kier molecular flexibility index (Phi) is 1.33. The highest BCUT2D eigenvalue weighted by Crippen LogP contribution is 2.36. The maximum Gasteiger partial charge on any atom is 0.0770 e. The molecule has 8 heavy (non-hydrogen) atoms. The molecule has 0 bridgehead atoms. The van der Waals surface area contributed by atoms with Crippen LogP contribution in [-0.2, 0) is 0 Å². The van der Waals surface area contributed by atoms with E-state index < -0.39 is 18.0 Å². The minimum atomic E-state index is -0.495. The third-order valence-corrected chi connectivity index (χ3v) is 1.87. The van der Waals surface area contributed by atoms with Crippen LogP contribution in [0.4, 0.5) is 0 Å². The van der Waals surface area contributed by atoms with Gasteiger partial charge in [0.25, 0.3) is 0 Å². The molecule has 2 unspecified atom stereocenters. The maximum atomic E-state index is 8.87. The molecule has 2 N–H and O–H groups in total. The maximum absolute atomic E-state index is 8.87. The molecule has 0 amide bonds. The van der Waals surface area contributed by atoms with Crippen LogP contribution in [0.1, 0.15) is 6.92 Å². The zero-order valence-corrected chi connectivity index (χ0v) is 4.78. The lowest BCUT2D eigenvalue weighted by atomic mass is 9.60. The van der Waals surface area contributed by atoms with Crippen LogP contribution in [0.2, 0.25) is 5.82 Å². The van der Waals surface area contributed by atoms with Gasteiger partial charge in [0.2, 0.25) is 0 Å². The van der Waals surface area contributed by atoms with Crippen LogP contribution in [0.3, 0.4) is 0 Å². The van der Waals surface area contributed by atoms with E-state index in [1.165, 1.54) is 0 Å². The predicted molar refractivity (Wildman–Crippen MR) is 30.7 cm³/mol. The van der Waals surface area contributed by atoms with Gasteiger partial charge in [0, 0.05) is 5.92 Å². The summed E-state index contributed by atoms with van der Waals surface area (Å²) in [6, 6.07) is 0. The molecule has 1 fully saturated rings. The lowest BCUT2D eigenvalue weighted by molar-refractivity contribution is -0.0803. The van der Waals surface area contributed by atoms with Crippen molar-refractivity contribution in [1.29, 1.82) is 0 Å². The van der Waals surface area contributed by atoms with E-state index in [-0.39, 0.29) is 5.92 Å². The Hall–Kier alpha value is -0.0151. The average Bonchev–Trinajstić information content (AvgIpc) is 1.83. The van der Waals surface area contributed by atoms with Crippen LogP contribution in [0.15, 0.2) is 0 Å².